The average Bonchev–Trinajstić information content (AvgIpc) is 3.50. The number of amides is 1. The number of hydrogen-bond donors (Lipinski definition) is 1. The van der Waals surface area contributed by atoms with Crippen LogP contribution in [-0.2, 0) is 14.3 Å². The lowest BCUT2D eigenvalue weighted by Gasteiger charge is -2.18. The number of carbonyl (C=O) groups is 3. The van der Waals surface area contributed by atoms with E-state index in [1.165, 1.54) is 49.6 Å². The van der Waals surface area contributed by atoms with Crippen LogP contribution in [0.25, 0.3) is 0 Å². The molecule has 1 atom stereocenters. The highest BCUT2D eigenvalue weighted by molar-refractivity contribution is 5.93. The highest BCUT2D eigenvalue weighted by atomic mass is 19.1. The zero-order chi connectivity index (χ0) is 19.4. The van der Waals surface area contributed by atoms with Gasteiger partial charge in [0.2, 0.25) is 6.10 Å². The molecular weight excluding hydrogens is 355 g/mol. The molecule has 0 radical (unpaired) electrons. The van der Waals surface area contributed by atoms with Crippen LogP contribution in [0.5, 0.6) is 0 Å². The number of methoxy groups -OCH3 is 1. The van der Waals surface area contributed by atoms with Crippen molar-refractivity contribution in [2.45, 2.75) is 25.0 Å². The Kier molecular flexibility index (Phi) is 5.44. The molecule has 2 aromatic rings. The van der Waals surface area contributed by atoms with Gasteiger partial charge in [0, 0.05) is 11.6 Å². The Balaban J connectivity index is 1.82. The predicted molar refractivity (Wildman–Crippen MR) is 91.3 cm³/mol. The molecule has 0 spiro atoms. The third-order valence-electron chi connectivity index (χ3n) is 3.91. The molecule has 1 aliphatic carbocycles. The van der Waals surface area contributed by atoms with E-state index in [1.807, 2.05) is 0 Å². The van der Waals surface area contributed by atoms with E-state index in [0.29, 0.717) is 5.56 Å². The molecule has 1 amide bonds. The van der Waals surface area contributed by atoms with Crippen LogP contribution < -0.4 is 5.32 Å². The van der Waals surface area contributed by atoms with E-state index in [2.05, 4.69) is 15.0 Å². The maximum Gasteiger partial charge on any atom is 0.358 e. The number of ether oxygens (including phenoxy) is 2. The molecule has 140 valence electrons. The molecule has 3 rings (SSSR count). The van der Waals surface area contributed by atoms with Gasteiger partial charge in [0.25, 0.3) is 5.91 Å². The van der Waals surface area contributed by atoms with Gasteiger partial charge in [0.1, 0.15) is 17.2 Å². The van der Waals surface area contributed by atoms with Crippen molar-refractivity contribution in [3.8, 4) is 0 Å². The third kappa shape index (κ3) is 4.66. The minimum atomic E-state index is -1.26. The van der Waals surface area contributed by atoms with Gasteiger partial charge in [-0.05, 0) is 37.1 Å². The first kappa shape index (κ1) is 18.5. The summed E-state index contributed by atoms with van der Waals surface area (Å²) in [5.41, 5.74) is 0.115. The van der Waals surface area contributed by atoms with Gasteiger partial charge in [-0.15, -0.1) is 0 Å². The van der Waals surface area contributed by atoms with Gasteiger partial charge < -0.3 is 14.8 Å². The Morgan fingerprint density at radius 1 is 1.07 bits per heavy atom. The topological polar surface area (TPSA) is 94.6 Å². The first-order valence-electron chi connectivity index (χ1n) is 8.30. The van der Waals surface area contributed by atoms with E-state index in [4.69, 9.17) is 4.74 Å². The Morgan fingerprint density at radius 2 is 1.70 bits per heavy atom. The highest BCUT2D eigenvalue weighted by Crippen LogP contribution is 2.24. The third-order valence-corrected chi connectivity index (χ3v) is 3.91. The fourth-order valence-electron chi connectivity index (χ4n) is 2.35. The number of aromatic nitrogens is 1. The zero-order valence-corrected chi connectivity index (χ0v) is 14.5. The van der Waals surface area contributed by atoms with Crippen molar-refractivity contribution in [2.75, 3.05) is 7.11 Å². The van der Waals surface area contributed by atoms with E-state index in [0.717, 1.165) is 12.8 Å². The Hall–Kier alpha value is -3.29. The second-order valence-electron chi connectivity index (χ2n) is 6.02. The zero-order valence-electron chi connectivity index (χ0n) is 14.5. The summed E-state index contributed by atoms with van der Waals surface area (Å²) in [4.78, 5) is 40.4. The monoisotopic (exact) mass is 372 g/mol. The van der Waals surface area contributed by atoms with E-state index in [9.17, 15) is 18.8 Å². The van der Waals surface area contributed by atoms with Crippen LogP contribution in [0.3, 0.4) is 0 Å². The normalized spacial score (nSPS) is 14.1. The highest BCUT2D eigenvalue weighted by Gasteiger charge is 2.31. The SMILES string of the molecule is COC(=O)c1cccc(C(=O)O[C@@H](C(=O)NC2CC2)c2ccc(F)cc2)n1. The van der Waals surface area contributed by atoms with Crippen LogP contribution in [0.15, 0.2) is 42.5 Å². The molecule has 1 heterocycles. The number of rotatable bonds is 6. The number of halogens is 1. The summed E-state index contributed by atoms with van der Waals surface area (Å²) in [5.74, 6) is -2.56. The van der Waals surface area contributed by atoms with Crippen LogP contribution >= 0.6 is 0 Å². The molecular formula is C19H17FN2O5. The molecule has 27 heavy (non-hydrogen) atoms. The lowest BCUT2D eigenvalue weighted by Crippen LogP contribution is -2.33. The molecule has 1 N–H and O–H groups in total. The molecule has 1 aliphatic rings. The van der Waals surface area contributed by atoms with Gasteiger partial charge in [0.05, 0.1) is 7.11 Å². The minimum Gasteiger partial charge on any atom is -0.464 e. The number of carbonyl (C=O) groups excluding carboxylic acids is 3. The Bertz CT molecular complexity index is 865. The molecule has 1 saturated carbocycles. The van der Waals surface area contributed by atoms with E-state index < -0.39 is 29.8 Å². The van der Waals surface area contributed by atoms with Crippen LogP contribution in [0.2, 0.25) is 0 Å². The van der Waals surface area contributed by atoms with Crippen LogP contribution in [0.1, 0.15) is 45.5 Å². The van der Waals surface area contributed by atoms with Crippen molar-refractivity contribution < 1.29 is 28.2 Å². The molecule has 7 nitrogen and oxygen atoms in total. The minimum absolute atomic E-state index is 0.0555. The van der Waals surface area contributed by atoms with Crippen molar-refractivity contribution in [3.05, 3.63) is 65.2 Å². The molecule has 0 bridgehead atoms. The largest absolute Gasteiger partial charge is 0.464 e. The summed E-state index contributed by atoms with van der Waals surface area (Å²) in [5, 5.41) is 2.76. The average molecular weight is 372 g/mol. The van der Waals surface area contributed by atoms with Crippen molar-refractivity contribution in [1.29, 1.82) is 0 Å². The van der Waals surface area contributed by atoms with Gasteiger partial charge in [0.15, 0.2) is 0 Å². The smallest absolute Gasteiger partial charge is 0.358 e. The fourth-order valence-corrected chi connectivity index (χ4v) is 2.35. The standard InChI is InChI=1S/C19H17FN2O5/c1-26-18(24)14-3-2-4-15(22-14)19(25)27-16(17(23)21-13-9-10-13)11-5-7-12(20)8-6-11/h2-8,13,16H,9-10H2,1H3,(H,21,23)/t16-/m1/s1. The quantitative estimate of drug-likeness (QED) is 0.781. The number of esters is 2. The number of nitrogens with one attached hydrogen (secondary N) is 1. The number of nitrogens with zero attached hydrogens (tertiary/aromatic N) is 1. The molecule has 0 unspecified atom stereocenters. The van der Waals surface area contributed by atoms with Crippen molar-refractivity contribution >= 4 is 17.8 Å². The first-order valence-corrected chi connectivity index (χ1v) is 8.30. The molecule has 1 aromatic carbocycles. The van der Waals surface area contributed by atoms with Crippen molar-refractivity contribution in [2.24, 2.45) is 0 Å². The fraction of sp³-hybridized carbons (Fsp3) is 0.263. The van der Waals surface area contributed by atoms with Gasteiger partial charge in [-0.25, -0.2) is 19.0 Å². The van der Waals surface area contributed by atoms with E-state index >= 15 is 0 Å². The Labute approximate surface area is 154 Å². The first-order chi connectivity index (χ1) is 13.0. The summed E-state index contributed by atoms with van der Waals surface area (Å²) in [6.45, 7) is 0. The maximum atomic E-state index is 13.2. The van der Waals surface area contributed by atoms with Gasteiger partial charge in [-0.1, -0.05) is 18.2 Å². The van der Waals surface area contributed by atoms with Crippen LogP contribution in [-0.4, -0.2) is 36.0 Å². The lowest BCUT2D eigenvalue weighted by molar-refractivity contribution is -0.130. The summed E-state index contributed by atoms with van der Waals surface area (Å²) >= 11 is 0. The van der Waals surface area contributed by atoms with Gasteiger partial charge in [-0.2, -0.15) is 0 Å². The van der Waals surface area contributed by atoms with Gasteiger partial charge in [-0.3, -0.25) is 4.79 Å². The summed E-state index contributed by atoms with van der Waals surface area (Å²) < 4.78 is 23.1. The second-order valence-corrected chi connectivity index (χ2v) is 6.02. The number of benzene rings is 1. The maximum absolute atomic E-state index is 13.2. The second kappa shape index (κ2) is 7.94. The molecule has 1 fully saturated rings. The van der Waals surface area contributed by atoms with Crippen LogP contribution in [0, 0.1) is 5.82 Å². The van der Waals surface area contributed by atoms with Crippen molar-refractivity contribution in [1.82, 2.24) is 10.3 Å². The molecule has 0 aliphatic heterocycles. The number of hydrogen-bond acceptors (Lipinski definition) is 6. The van der Waals surface area contributed by atoms with Crippen molar-refractivity contribution in [3.63, 3.8) is 0 Å². The van der Waals surface area contributed by atoms with E-state index in [-0.39, 0.29) is 17.4 Å². The molecule has 0 saturated heterocycles. The number of pyridine rings is 1. The summed E-state index contributed by atoms with van der Waals surface area (Å²) in [6.07, 6.45) is 0.458. The molecule has 1 aromatic heterocycles. The Morgan fingerprint density at radius 3 is 2.30 bits per heavy atom. The summed E-state index contributed by atoms with van der Waals surface area (Å²) in [6, 6.07) is 9.35. The summed E-state index contributed by atoms with van der Waals surface area (Å²) in [7, 11) is 1.20. The predicted octanol–water partition coefficient (Wildman–Crippen LogP) is 2.18. The van der Waals surface area contributed by atoms with Gasteiger partial charge >= 0.3 is 11.9 Å². The lowest BCUT2D eigenvalue weighted by atomic mass is 10.1. The van der Waals surface area contributed by atoms with Crippen LogP contribution in [0.4, 0.5) is 4.39 Å². The molecule has 8 heteroatoms. The van der Waals surface area contributed by atoms with E-state index in [1.54, 1.807) is 0 Å².